The Morgan fingerprint density at radius 1 is 1.00 bits per heavy atom. The number of ether oxygens (including phenoxy) is 2. The molecule has 3 heterocycles. The number of hydrogen-bond acceptors (Lipinski definition) is 5. The van der Waals surface area contributed by atoms with E-state index in [-0.39, 0.29) is 53.1 Å². The molecule has 1 aromatic heterocycles. The quantitative estimate of drug-likeness (QED) is 0.406. The number of nitrogens with zero attached hydrogens (tertiary/aromatic N) is 2. The van der Waals surface area contributed by atoms with Crippen LogP contribution >= 0.6 is 0 Å². The van der Waals surface area contributed by atoms with Crippen molar-refractivity contribution >= 4 is 11.7 Å². The SMILES string of the molecule is O=C(CCc1ccc(F)cc1)c1cn2c(c(OCc3ccccc3)c1=O)C(=O)N1CC3(CCCCC3)OC1C2. The number of carbonyl (C=O) groups is 2. The van der Waals surface area contributed by atoms with E-state index in [1.54, 1.807) is 21.6 Å². The first kappa shape index (κ1) is 25.5. The molecule has 1 saturated carbocycles. The smallest absolute Gasteiger partial charge is 0.276 e. The van der Waals surface area contributed by atoms with Crippen molar-refractivity contribution in [3.63, 3.8) is 0 Å². The molecule has 1 amide bonds. The highest BCUT2D eigenvalue weighted by molar-refractivity contribution is 6.00. The van der Waals surface area contributed by atoms with E-state index in [9.17, 15) is 18.8 Å². The summed E-state index contributed by atoms with van der Waals surface area (Å²) >= 11 is 0. The van der Waals surface area contributed by atoms with Gasteiger partial charge in [-0.25, -0.2) is 4.39 Å². The maximum Gasteiger partial charge on any atom is 0.276 e. The second-order valence-electron chi connectivity index (χ2n) is 10.8. The van der Waals surface area contributed by atoms with Crippen LogP contribution in [0.15, 0.2) is 65.6 Å². The van der Waals surface area contributed by atoms with Gasteiger partial charge < -0.3 is 18.9 Å². The topological polar surface area (TPSA) is 77.8 Å². The van der Waals surface area contributed by atoms with Crippen LogP contribution in [0.1, 0.15) is 70.5 Å². The third-order valence-corrected chi connectivity index (χ3v) is 8.09. The molecule has 1 saturated heterocycles. The lowest BCUT2D eigenvalue weighted by molar-refractivity contribution is -0.0797. The molecule has 1 aliphatic carbocycles. The number of rotatable bonds is 7. The van der Waals surface area contributed by atoms with Crippen molar-refractivity contribution in [3.05, 3.63) is 99.2 Å². The summed E-state index contributed by atoms with van der Waals surface area (Å²) in [7, 11) is 0. The molecule has 3 aromatic rings. The van der Waals surface area contributed by atoms with Crippen molar-refractivity contribution in [2.24, 2.45) is 0 Å². The Kier molecular flexibility index (Phi) is 6.81. The third kappa shape index (κ3) is 5.01. The summed E-state index contributed by atoms with van der Waals surface area (Å²) in [5.74, 6) is -1.10. The maximum atomic E-state index is 13.8. The Labute approximate surface area is 226 Å². The molecule has 1 unspecified atom stereocenters. The first-order valence-corrected chi connectivity index (χ1v) is 13.6. The number of amides is 1. The summed E-state index contributed by atoms with van der Waals surface area (Å²) in [6, 6.07) is 15.3. The Morgan fingerprint density at radius 2 is 1.74 bits per heavy atom. The van der Waals surface area contributed by atoms with Gasteiger partial charge in [0, 0.05) is 12.6 Å². The highest BCUT2D eigenvalue weighted by atomic mass is 19.1. The highest BCUT2D eigenvalue weighted by Crippen LogP contribution is 2.41. The Balaban J connectivity index is 1.33. The van der Waals surface area contributed by atoms with Gasteiger partial charge in [0.05, 0.1) is 24.3 Å². The van der Waals surface area contributed by atoms with Gasteiger partial charge in [-0.2, -0.15) is 0 Å². The van der Waals surface area contributed by atoms with E-state index in [1.165, 1.54) is 24.8 Å². The minimum Gasteiger partial charge on any atom is -0.483 e. The predicted molar refractivity (Wildman–Crippen MR) is 142 cm³/mol. The fourth-order valence-corrected chi connectivity index (χ4v) is 6.03. The zero-order valence-corrected chi connectivity index (χ0v) is 21.7. The lowest BCUT2D eigenvalue weighted by atomic mass is 9.85. The van der Waals surface area contributed by atoms with Gasteiger partial charge in [0.25, 0.3) is 5.91 Å². The second-order valence-corrected chi connectivity index (χ2v) is 10.8. The average Bonchev–Trinajstić information content (AvgIpc) is 3.30. The van der Waals surface area contributed by atoms with Crippen LogP contribution in [0.25, 0.3) is 0 Å². The summed E-state index contributed by atoms with van der Waals surface area (Å²) in [5, 5.41) is 0. The number of aromatic nitrogens is 1. The second kappa shape index (κ2) is 10.4. The van der Waals surface area contributed by atoms with Gasteiger partial charge >= 0.3 is 0 Å². The number of Topliss-reactive ketones (excluding diaryl/α,β-unsaturated/α-hetero) is 1. The molecular formula is C31H31FN2O5. The van der Waals surface area contributed by atoms with Crippen LogP contribution in [0, 0.1) is 5.82 Å². The zero-order chi connectivity index (χ0) is 27.0. The average molecular weight is 531 g/mol. The summed E-state index contributed by atoms with van der Waals surface area (Å²) in [6.45, 7) is 0.914. The molecular weight excluding hydrogens is 499 g/mol. The molecule has 2 fully saturated rings. The van der Waals surface area contributed by atoms with E-state index in [0.29, 0.717) is 19.5 Å². The van der Waals surface area contributed by atoms with E-state index in [4.69, 9.17) is 9.47 Å². The van der Waals surface area contributed by atoms with Gasteiger partial charge in [0.15, 0.2) is 23.5 Å². The van der Waals surface area contributed by atoms with E-state index in [0.717, 1.165) is 36.8 Å². The monoisotopic (exact) mass is 530 g/mol. The first-order chi connectivity index (χ1) is 18.9. The molecule has 0 N–H and O–H groups in total. The molecule has 2 aliphatic heterocycles. The summed E-state index contributed by atoms with van der Waals surface area (Å²) in [4.78, 5) is 42.5. The number of hydrogen-bond donors (Lipinski definition) is 0. The molecule has 1 atom stereocenters. The van der Waals surface area contributed by atoms with Gasteiger partial charge in [-0.3, -0.25) is 14.4 Å². The molecule has 0 bridgehead atoms. The summed E-state index contributed by atoms with van der Waals surface area (Å²) < 4.78 is 27.5. The molecule has 202 valence electrons. The van der Waals surface area contributed by atoms with E-state index < -0.39 is 11.7 Å². The minimum atomic E-state index is -0.583. The van der Waals surface area contributed by atoms with Crippen LogP contribution in [0.4, 0.5) is 4.39 Å². The van der Waals surface area contributed by atoms with Gasteiger partial charge in [0.2, 0.25) is 5.43 Å². The standard InChI is InChI=1S/C31H31FN2O5/c32-23-12-9-21(10-13-23)11-14-25(35)24-17-33-18-26-34(20-31(39-26)15-5-2-6-16-31)30(37)27(33)29(28(24)36)38-19-22-7-3-1-4-8-22/h1,3-4,7-10,12-13,17,26H,2,5-6,11,14-16,18-20H2. The lowest BCUT2D eigenvalue weighted by Gasteiger charge is -2.32. The normalized spacial score (nSPS) is 19.6. The molecule has 0 radical (unpaired) electrons. The van der Waals surface area contributed by atoms with Crippen LogP contribution in [0.3, 0.4) is 0 Å². The molecule has 6 rings (SSSR count). The van der Waals surface area contributed by atoms with Crippen LogP contribution in [0.2, 0.25) is 0 Å². The zero-order valence-electron chi connectivity index (χ0n) is 21.7. The summed E-state index contributed by atoms with van der Waals surface area (Å²) in [5.41, 5.74) is 0.858. The Morgan fingerprint density at radius 3 is 2.49 bits per heavy atom. The number of benzene rings is 2. The van der Waals surface area contributed by atoms with Crippen molar-refractivity contribution in [1.29, 1.82) is 0 Å². The Bertz CT molecular complexity index is 1440. The van der Waals surface area contributed by atoms with Gasteiger partial charge in [-0.1, -0.05) is 61.7 Å². The van der Waals surface area contributed by atoms with Crippen LogP contribution in [-0.4, -0.2) is 39.5 Å². The largest absolute Gasteiger partial charge is 0.483 e. The molecule has 3 aliphatic rings. The molecule has 7 nitrogen and oxygen atoms in total. The van der Waals surface area contributed by atoms with Crippen molar-refractivity contribution in [2.45, 2.75) is 69.9 Å². The third-order valence-electron chi connectivity index (χ3n) is 8.09. The molecule has 8 heteroatoms. The van der Waals surface area contributed by atoms with Crippen molar-refractivity contribution < 1.29 is 23.5 Å². The number of ketones is 1. The number of halogens is 1. The number of aryl methyl sites for hydroxylation is 1. The molecule has 2 aromatic carbocycles. The van der Waals surface area contributed by atoms with E-state index >= 15 is 0 Å². The Hall–Kier alpha value is -3.78. The first-order valence-electron chi connectivity index (χ1n) is 13.6. The lowest BCUT2D eigenvalue weighted by Crippen LogP contribution is -2.46. The van der Waals surface area contributed by atoms with Crippen LogP contribution < -0.4 is 10.2 Å². The van der Waals surface area contributed by atoms with Gasteiger partial charge in [0.1, 0.15) is 12.4 Å². The fraction of sp³-hybridized carbons (Fsp3) is 0.387. The fourth-order valence-electron chi connectivity index (χ4n) is 6.03. The van der Waals surface area contributed by atoms with Crippen LogP contribution in [0.5, 0.6) is 5.75 Å². The minimum absolute atomic E-state index is 0.0180. The number of pyridine rings is 1. The van der Waals surface area contributed by atoms with Crippen molar-refractivity contribution in [1.82, 2.24) is 9.47 Å². The van der Waals surface area contributed by atoms with Crippen LogP contribution in [-0.2, 0) is 24.3 Å². The van der Waals surface area contributed by atoms with Crippen molar-refractivity contribution in [2.75, 3.05) is 6.54 Å². The number of fused-ring (bicyclic) bond motifs is 2. The predicted octanol–water partition coefficient (Wildman–Crippen LogP) is 4.90. The van der Waals surface area contributed by atoms with Gasteiger partial charge in [-0.15, -0.1) is 0 Å². The highest BCUT2D eigenvalue weighted by Gasteiger charge is 2.50. The number of carbonyl (C=O) groups excluding carboxylic acids is 2. The van der Waals surface area contributed by atoms with E-state index in [2.05, 4.69) is 0 Å². The molecule has 1 spiro atoms. The summed E-state index contributed by atoms with van der Waals surface area (Å²) in [6.07, 6.45) is 6.59. The van der Waals surface area contributed by atoms with Gasteiger partial charge in [-0.05, 0) is 42.5 Å². The maximum absolute atomic E-state index is 13.8. The van der Waals surface area contributed by atoms with E-state index in [1.807, 2.05) is 30.3 Å². The van der Waals surface area contributed by atoms with Crippen molar-refractivity contribution in [3.8, 4) is 5.75 Å². The molecule has 39 heavy (non-hydrogen) atoms.